The van der Waals surface area contributed by atoms with Crippen LogP contribution in [0.15, 0.2) is 22.6 Å². The van der Waals surface area contributed by atoms with E-state index >= 15 is 0 Å². The maximum absolute atomic E-state index is 12.6. The predicted molar refractivity (Wildman–Crippen MR) is 125 cm³/mol. The van der Waals surface area contributed by atoms with Gasteiger partial charge in [-0.1, -0.05) is 13.8 Å². The fraction of sp³-hybridized carbons (Fsp3) is 0.560. The molecule has 2 rings (SSSR count). The van der Waals surface area contributed by atoms with Crippen molar-refractivity contribution < 1.29 is 13.9 Å². The van der Waals surface area contributed by atoms with Gasteiger partial charge in [0, 0.05) is 29.1 Å². The normalized spacial score (nSPS) is 13.1. The second-order valence-corrected chi connectivity index (χ2v) is 7.97. The van der Waals surface area contributed by atoms with Crippen LogP contribution < -0.4 is 10.1 Å². The number of rotatable bonds is 11. The molecule has 166 valence electrons. The zero-order chi connectivity index (χ0) is 22.3. The first-order chi connectivity index (χ1) is 14.3. The maximum Gasteiger partial charge on any atom is 0.244 e. The van der Waals surface area contributed by atoms with Crippen LogP contribution in [0.3, 0.4) is 0 Å². The highest BCUT2D eigenvalue weighted by Crippen LogP contribution is 2.35. The zero-order valence-electron chi connectivity index (χ0n) is 19.7. The lowest BCUT2D eigenvalue weighted by Crippen LogP contribution is -2.32. The van der Waals surface area contributed by atoms with Crippen LogP contribution in [0.1, 0.15) is 64.3 Å². The third-order valence-corrected chi connectivity index (χ3v) is 5.74. The Kier molecular flexibility index (Phi) is 8.97. The number of ether oxygens (including phenoxy) is 1. The van der Waals surface area contributed by atoms with Gasteiger partial charge in [0.15, 0.2) is 0 Å². The Morgan fingerprint density at radius 3 is 2.57 bits per heavy atom. The molecule has 1 N–H and O–H groups in total. The van der Waals surface area contributed by atoms with Gasteiger partial charge in [0.05, 0.1) is 6.61 Å². The number of benzene rings is 1. The van der Waals surface area contributed by atoms with E-state index in [9.17, 15) is 4.79 Å². The molecule has 2 aromatic rings. The third-order valence-electron chi connectivity index (χ3n) is 5.74. The number of nitrogens with zero attached hydrogens (tertiary/aromatic N) is 1. The number of amides is 1. The number of carbonyl (C=O) groups excluding carboxylic acids is 1. The van der Waals surface area contributed by atoms with E-state index in [-0.39, 0.29) is 11.9 Å². The van der Waals surface area contributed by atoms with Crippen LogP contribution in [0.4, 0.5) is 0 Å². The Labute approximate surface area is 181 Å². The van der Waals surface area contributed by atoms with Gasteiger partial charge in [-0.2, -0.15) is 0 Å². The number of allylic oxidation sites excluding steroid dienone is 1. The van der Waals surface area contributed by atoms with Gasteiger partial charge in [-0.05, 0) is 84.3 Å². The van der Waals surface area contributed by atoms with Gasteiger partial charge in [-0.3, -0.25) is 4.79 Å². The summed E-state index contributed by atoms with van der Waals surface area (Å²) < 4.78 is 11.7. The Hall–Kier alpha value is -2.27. The molecule has 1 aromatic heterocycles. The highest BCUT2D eigenvalue weighted by molar-refractivity contribution is 5.97. The molecular weight excluding hydrogens is 376 g/mol. The number of carbonyl (C=O) groups is 1. The number of nitrogens with one attached hydrogen (secondary N) is 1. The molecule has 1 unspecified atom stereocenters. The van der Waals surface area contributed by atoms with E-state index in [0.29, 0.717) is 6.61 Å². The number of fused-ring (bicyclic) bond motifs is 1. The molecule has 30 heavy (non-hydrogen) atoms. The molecular formula is C25H38N2O3. The first-order valence-electron chi connectivity index (χ1n) is 11.2. The van der Waals surface area contributed by atoms with Crippen LogP contribution in [0.2, 0.25) is 0 Å². The van der Waals surface area contributed by atoms with Crippen molar-refractivity contribution in [3.05, 3.63) is 35.1 Å². The van der Waals surface area contributed by atoms with Crippen LogP contribution >= 0.6 is 0 Å². The minimum Gasteiger partial charge on any atom is -0.493 e. The molecule has 0 fully saturated rings. The van der Waals surface area contributed by atoms with Crippen LogP contribution in [0.5, 0.6) is 5.75 Å². The van der Waals surface area contributed by atoms with E-state index < -0.39 is 0 Å². The van der Waals surface area contributed by atoms with Crippen molar-refractivity contribution >= 4 is 22.4 Å². The van der Waals surface area contributed by atoms with Crippen molar-refractivity contribution in [1.29, 1.82) is 0 Å². The average Bonchev–Trinajstić information content (AvgIpc) is 2.97. The summed E-state index contributed by atoms with van der Waals surface area (Å²) in [5, 5.41) is 4.16. The summed E-state index contributed by atoms with van der Waals surface area (Å²) in [6.45, 7) is 18.1. The quantitative estimate of drug-likeness (QED) is 0.495. The fourth-order valence-corrected chi connectivity index (χ4v) is 3.74. The van der Waals surface area contributed by atoms with Crippen molar-refractivity contribution in [3.63, 3.8) is 0 Å². The van der Waals surface area contributed by atoms with Crippen molar-refractivity contribution in [3.8, 4) is 5.75 Å². The molecule has 0 aliphatic heterocycles. The number of furan rings is 1. The van der Waals surface area contributed by atoms with Gasteiger partial charge in [-0.15, -0.1) is 0 Å². The molecule has 0 bridgehead atoms. The molecule has 0 aliphatic carbocycles. The van der Waals surface area contributed by atoms with Crippen molar-refractivity contribution in [2.24, 2.45) is 0 Å². The molecule has 1 amide bonds. The summed E-state index contributed by atoms with van der Waals surface area (Å²) >= 11 is 0. The highest BCUT2D eigenvalue weighted by Gasteiger charge is 2.15. The number of aryl methyl sites for hydroxylation is 2. The van der Waals surface area contributed by atoms with Gasteiger partial charge < -0.3 is 19.4 Å². The topological polar surface area (TPSA) is 54.7 Å². The summed E-state index contributed by atoms with van der Waals surface area (Å²) in [5.41, 5.74) is 3.74. The van der Waals surface area contributed by atoms with Gasteiger partial charge in [0.2, 0.25) is 5.91 Å². The molecule has 5 heteroatoms. The zero-order valence-corrected chi connectivity index (χ0v) is 19.7. The molecule has 5 nitrogen and oxygen atoms in total. The molecule has 1 atom stereocenters. The Morgan fingerprint density at radius 1 is 1.23 bits per heavy atom. The van der Waals surface area contributed by atoms with Crippen LogP contribution in [0.25, 0.3) is 16.5 Å². The van der Waals surface area contributed by atoms with Crippen molar-refractivity contribution in [2.75, 3.05) is 26.2 Å². The largest absolute Gasteiger partial charge is 0.493 e. The lowest BCUT2D eigenvalue weighted by molar-refractivity contribution is -0.117. The highest BCUT2D eigenvalue weighted by atomic mass is 16.5. The van der Waals surface area contributed by atoms with Crippen molar-refractivity contribution in [1.82, 2.24) is 10.2 Å². The molecule has 0 saturated heterocycles. The van der Waals surface area contributed by atoms with Crippen molar-refractivity contribution in [2.45, 2.75) is 67.3 Å². The molecule has 0 saturated carbocycles. The van der Waals surface area contributed by atoms with Gasteiger partial charge in [-0.25, -0.2) is 0 Å². The van der Waals surface area contributed by atoms with E-state index in [1.165, 1.54) is 0 Å². The maximum atomic E-state index is 12.6. The van der Waals surface area contributed by atoms with E-state index in [2.05, 4.69) is 44.0 Å². The summed E-state index contributed by atoms with van der Waals surface area (Å²) in [4.78, 5) is 15.0. The molecule has 0 aliphatic rings. The molecule has 0 radical (unpaired) electrons. The molecule has 0 spiro atoms. The fourth-order valence-electron chi connectivity index (χ4n) is 3.74. The Balaban J connectivity index is 2.11. The standard InChI is InChI=1S/C25H38N2O3/c1-8-27(9-2)13-11-12-18(5)26-25(28)14-17(4)21-15-22-19(6)20(7)30-24(22)16-23(21)29-10-3/h14-16,18H,8-13H2,1-7H3,(H,26,28)/b17-14+. The molecule has 1 heterocycles. The average molecular weight is 415 g/mol. The Morgan fingerprint density at radius 2 is 1.93 bits per heavy atom. The van der Waals surface area contributed by atoms with E-state index in [1.54, 1.807) is 6.08 Å². The Bertz CT molecular complexity index is 878. The first-order valence-corrected chi connectivity index (χ1v) is 11.2. The molecule has 1 aromatic carbocycles. The van der Waals surface area contributed by atoms with Gasteiger partial charge in [0.25, 0.3) is 0 Å². The smallest absolute Gasteiger partial charge is 0.244 e. The minimum atomic E-state index is -0.0644. The summed E-state index contributed by atoms with van der Waals surface area (Å²) in [6.07, 6.45) is 3.72. The van der Waals surface area contributed by atoms with E-state index in [0.717, 1.165) is 71.7 Å². The van der Waals surface area contributed by atoms with Crippen LogP contribution in [0, 0.1) is 13.8 Å². The van der Waals surface area contributed by atoms with Gasteiger partial charge >= 0.3 is 0 Å². The summed E-state index contributed by atoms with van der Waals surface area (Å²) in [6, 6.07) is 4.14. The van der Waals surface area contributed by atoms with Gasteiger partial charge in [0.1, 0.15) is 17.1 Å². The van der Waals surface area contributed by atoms with Crippen LogP contribution in [-0.2, 0) is 4.79 Å². The predicted octanol–water partition coefficient (Wildman–Crippen LogP) is 5.48. The second kappa shape index (κ2) is 11.2. The lowest BCUT2D eigenvalue weighted by atomic mass is 10.0. The monoisotopic (exact) mass is 414 g/mol. The SMILES string of the molecule is CCOc1cc2oc(C)c(C)c2cc1/C(C)=C/C(=O)NC(C)CCCN(CC)CC. The second-order valence-electron chi connectivity index (χ2n) is 7.97. The lowest BCUT2D eigenvalue weighted by Gasteiger charge is -2.19. The minimum absolute atomic E-state index is 0.0644. The van der Waals surface area contributed by atoms with E-state index in [4.69, 9.17) is 9.15 Å². The summed E-state index contributed by atoms with van der Waals surface area (Å²) in [5.74, 6) is 1.58. The first kappa shape index (κ1) is 24.0. The third kappa shape index (κ3) is 6.11. The van der Waals surface area contributed by atoms with E-state index in [1.807, 2.05) is 26.8 Å². The van der Waals surface area contributed by atoms with Crippen LogP contribution in [-0.4, -0.2) is 43.1 Å². The summed E-state index contributed by atoms with van der Waals surface area (Å²) in [7, 11) is 0. The number of hydrogen-bond acceptors (Lipinski definition) is 4. The number of hydrogen-bond donors (Lipinski definition) is 1.